The van der Waals surface area contributed by atoms with Crippen molar-refractivity contribution in [3.8, 4) is 0 Å². The number of amides is 1. The number of hydrogen-bond donors (Lipinski definition) is 2. The quantitative estimate of drug-likeness (QED) is 0.559. The van der Waals surface area contributed by atoms with Crippen molar-refractivity contribution in [2.45, 2.75) is 55.4 Å². The molecule has 1 fully saturated rings. The summed E-state index contributed by atoms with van der Waals surface area (Å²) in [5.74, 6) is 7.63. The standard InChI is InChI=1S/C18H25N5OS/c1-3-13(14-7-5-4-6-8-14)11-20-17(24)12(2)25-18-22-21-16(23(18)19)15-9-10-15/h4-8,12-13,15H,3,9-11,19H2,1-2H3,(H,20,24)/t12-,13+/m1/s1. The Morgan fingerprint density at radius 1 is 1.36 bits per heavy atom. The lowest BCUT2D eigenvalue weighted by Gasteiger charge is -2.18. The van der Waals surface area contributed by atoms with E-state index in [0.717, 1.165) is 25.1 Å². The number of thioether (sulfide) groups is 1. The molecule has 1 aliphatic carbocycles. The summed E-state index contributed by atoms with van der Waals surface area (Å²) in [6, 6.07) is 10.3. The zero-order valence-electron chi connectivity index (χ0n) is 14.7. The van der Waals surface area contributed by atoms with E-state index < -0.39 is 0 Å². The molecule has 1 heterocycles. The third kappa shape index (κ3) is 4.34. The van der Waals surface area contributed by atoms with Crippen LogP contribution in [0.15, 0.2) is 35.5 Å². The molecular weight excluding hydrogens is 334 g/mol. The topological polar surface area (TPSA) is 85.8 Å². The molecule has 0 spiro atoms. The number of nitrogens with one attached hydrogen (secondary N) is 1. The second kappa shape index (κ2) is 7.91. The Bertz CT molecular complexity index is 714. The first-order valence-corrected chi connectivity index (χ1v) is 9.67. The van der Waals surface area contributed by atoms with Gasteiger partial charge in [0.25, 0.3) is 0 Å². The van der Waals surface area contributed by atoms with E-state index in [1.165, 1.54) is 22.0 Å². The van der Waals surface area contributed by atoms with Crippen LogP contribution in [0.4, 0.5) is 0 Å². The molecule has 0 radical (unpaired) electrons. The number of nitrogen functional groups attached to an aromatic ring is 1. The number of benzene rings is 1. The van der Waals surface area contributed by atoms with Crippen LogP contribution in [-0.4, -0.2) is 32.6 Å². The molecule has 0 aliphatic heterocycles. The molecule has 6 nitrogen and oxygen atoms in total. The third-order valence-electron chi connectivity index (χ3n) is 4.57. The number of rotatable bonds is 8. The second-order valence-corrected chi connectivity index (χ2v) is 7.81. The van der Waals surface area contributed by atoms with Crippen LogP contribution in [0.1, 0.15) is 56.3 Å². The van der Waals surface area contributed by atoms with E-state index in [1.807, 2.05) is 25.1 Å². The van der Waals surface area contributed by atoms with Crippen LogP contribution in [0.5, 0.6) is 0 Å². The molecule has 1 saturated carbocycles. The average Bonchev–Trinajstić information content (AvgIpc) is 3.41. The van der Waals surface area contributed by atoms with Crippen molar-refractivity contribution in [2.24, 2.45) is 0 Å². The number of hydrogen-bond acceptors (Lipinski definition) is 5. The fourth-order valence-corrected chi connectivity index (χ4v) is 3.59. The molecule has 0 bridgehead atoms. The molecule has 3 rings (SSSR count). The number of nitrogens with two attached hydrogens (primary N) is 1. The van der Waals surface area contributed by atoms with Crippen LogP contribution in [0.25, 0.3) is 0 Å². The number of nitrogens with zero attached hydrogens (tertiary/aromatic N) is 3. The van der Waals surface area contributed by atoms with Gasteiger partial charge in [-0.1, -0.05) is 49.0 Å². The normalized spacial score (nSPS) is 16.4. The Kier molecular flexibility index (Phi) is 5.63. The lowest BCUT2D eigenvalue weighted by atomic mass is 9.96. The highest BCUT2D eigenvalue weighted by atomic mass is 32.2. The summed E-state index contributed by atoms with van der Waals surface area (Å²) in [4.78, 5) is 12.4. The Labute approximate surface area is 152 Å². The van der Waals surface area contributed by atoms with Gasteiger partial charge in [-0.25, -0.2) is 4.68 Å². The minimum atomic E-state index is -0.271. The van der Waals surface area contributed by atoms with Crippen LogP contribution in [0.3, 0.4) is 0 Å². The molecule has 1 aromatic carbocycles. The highest BCUT2D eigenvalue weighted by molar-refractivity contribution is 8.00. The van der Waals surface area contributed by atoms with Crippen molar-refractivity contribution in [1.29, 1.82) is 0 Å². The zero-order chi connectivity index (χ0) is 17.8. The lowest BCUT2D eigenvalue weighted by molar-refractivity contribution is -0.120. The second-order valence-electron chi connectivity index (χ2n) is 6.51. The summed E-state index contributed by atoms with van der Waals surface area (Å²) in [5, 5.41) is 11.7. The minimum Gasteiger partial charge on any atom is -0.355 e. The van der Waals surface area contributed by atoms with Crippen LogP contribution in [-0.2, 0) is 4.79 Å². The van der Waals surface area contributed by atoms with Crippen LogP contribution >= 0.6 is 11.8 Å². The van der Waals surface area contributed by atoms with E-state index in [4.69, 9.17) is 5.84 Å². The van der Waals surface area contributed by atoms with Gasteiger partial charge in [0.05, 0.1) is 5.25 Å². The first-order chi connectivity index (χ1) is 12.1. The molecule has 25 heavy (non-hydrogen) atoms. The molecule has 134 valence electrons. The fourth-order valence-electron chi connectivity index (χ4n) is 2.79. The van der Waals surface area contributed by atoms with E-state index in [2.05, 4.69) is 34.6 Å². The summed E-state index contributed by atoms with van der Waals surface area (Å²) in [6.07, 6.45) is 3.22. The fraction of sp³-hybridized carbons (Fsp3) is 0.500. The van der Waals surface area contributed by atoms with Crippen molar-refractivity contribution in [2.75, 3.05) is 12.4 Å². The average molecular weight is 359 g/mol. The SMILES string of the molecule is CC[C@@H](CNC(=O)[C@@H](C)Sc1nnc(C2CC2)n1N)c1ccccc1. The van der Waals surface area contributed by atoms with Gasteiger partial charge in [-0.2, -0.15) is 0 Å². The lowest BCUT2D eigenvalue weighted by Crippen LogP contribution is -2.34. The third-order valence-corrected chi connectivity index (χ3v) is 5.63. The van der Waals surface area contributed by atoms with Gasteiger partial charge < -0.3 is 11.2 Å². The highest BCUT2D eigenvalue weighted by Crippen LogP contribution is 2.39. The van der Waals surface area contributed by atoms with Crippen LogP contribution < -0.4 is 11.2 Å². The first-order valence-electron chi connectivity index (χ1n) is 8.79. The maximum atomic E-state index is 12.4. The molecule has 3 N–H and O–H groups in total. The smallest absolute Gasteiger partial charge is 0.233 e. The van der Waals surface area contributed by atoms with Crippen molar-refractivity contribution >= 4 is 17.7 Å². The summed E-state index contributed by atoms with van der Waals surface area (Å²) in [6.45, 7) is 4.64. The van der Waals surface area contributed by atoms with E-state index >= 15 is 0 Å². The van der Waals surface area contributed by atoms with Gasteiger partial charge in [0.1, 0.15) is 0 Å². The van der Waals surface area contributed by atoms with Gasteiger partial charge in [-0.3, -0.25) is 4.79 Å². The molecular formula is C18H25N5OS. The van der Waals surface area contributed by atoms with Crippen molar-refractivity contribution in [3.63, 3.8) is 0 Å². The van der Waals surface area contributed by atoms with Crippen LogP contribution in [0, 0.1) is 0 Å². The number of aromatic nitrogens is 3. The van der Waals surface area contributed by atoms with Gasteiger partial charge >= 0.3 is 0 Å². The van der Waals surface area contributed by atoms with Gasteiger partial charge in [0.15, 0.2) is 5.82 Å². The maximum Gasteiger partial charge on any atom is 0.233 e. The highest BCUT2D eigenvalue weighted by Gasteiger charge is 2.30. The predicted octanol–water partition coefficient (Wildman–Crippen LogP) is 2.66. The Hall–Kier alpha value is -2.02. The molecule has 1 amide bonds. The van der Waals surface area contributed by atoms with E-state index in [9.17, 15) is 4.79 Å². The van der Waals surface area contributed by atoms with E-state index in [-0.39, 0.29) is 11.2 Å². The van der Waals surface area contributed by atoms with Gasteiger partial charge in [0.2, 0.25) is 11.1 Å². The van der Waals surface area contributed by atoms with Gasteiger partial charge in [-0.15, -0.1) is 10.2 Å². The molecule has 1 aliphatic rings. The van der Waals surface area contributed by atoms with Gasteiger partial charge in [-0.05, 0) is 31.7 Å². The molecule has 2 atom stereocenters. The van der Waals surface area contributed by atoms with Crippen molar-refractivity contribution in [1.82, 2.24) is 20.2 Å². The first kappa shape index (κ1) is 17.8. The Balaban J connectivity index is 1.53. The minimum absolute atomic E-state index is 0.00430. The molecule has 0 saturated heterocycles. The maximum absolute atomic E-state index is 12.4. The number of carbonyl (C=O) groups excluding carboxylic acids is 1. The largest absolute Gasteiger partial charge is 0.355 e. The van der Waals surface area contributed by atoms with Crippen molar-refractivity contribution < 1.29 is 4.79 Å². The molecule has 2 aromatic rings. The number of carbonyl (C=O) groups is 1. The Morgan fingerprint density at radius 2 is 2.08 bits per heavy atom. The monoisotopic (exact) mass is 359 g/mol. The summed E-state index contributed by atoms with van der Waals surface area (Å²) in [7, 11) is 0. The van der Waals surface area contributed by atoms with E-state index in [0.29, 0.717) is 23.5 Å². The molecule has 7 heteroatoms. The van der Waals surface area contributed by atoms with Crippen molar-refractivity contribution in [3.05, 3.63) is 41.7 Å². The van der Waals surface area contributed by atoms with Crippen LogP contribution in [0.2, 0.25) is 0 Å². The zero-order valence-corrected chi connectivity index (χ0v) is 15.5. The summed E-state index contributed by atoms with van der Waals surface area (Å²) >= 11 is 1.35. The molecule has 1 aromatic heterocycles. The van der Waals surface area contributed by atoms with E-state index in [1.54, 1.807) is 0 Å². The molecule has 0 unspecified atom stereocenters. The summed E-state index contributed by atoms with van der Waals surface area (Å²) < 4.78 is 1.53. The van der Waals surface area contributed by atoms with Gasteiger partial charge in [0, 0.05) is 18.4 Å². The predicted molar refractivity (Wildman–Crippen MR) is 100.0 cm³/mol. The summed E-state index contributed by atoms with van der Waals surface area (Å²) in [5.41, 5.74) is 1.25. The Morgan fingerprint density at radius 3 is 2.72 bits per heavy atom.